The minimum atomic E-state index is -2.28. The second-order valence-corrected chi connectivity index (χ2v) is 13.4. The van der Waals surface area contributed by atoms with Crippen molar-refractivity contribution in [1.82, 2.24) is 0 Å². The van der Waals surface area contributed by atoms with Crippen LogP contribution in [-0.4, -0.2) is 33.7 Å². The molecule has 0 heterocycles. The van der Waals surface area contributed by atoms with Gasteiger partial charge in [0.05, 0.1) is 5.56 Å². The number of carbonyl (C=O) groups is 2. The summed E-state index contributed by atoms with van der Waals surface area (Å²) in [6.07, 6.45) is 0.749. The Morgan fingerprint density at radius 2 is 1.88 bits per heavy atom. The Morgan fingerprint density at radius 3 is 2.42 bits per heavy atom. The van der Waals surface area contributed by atoms with Gasteiger partial charge in [-0.1, -0.05) is 52.1 Å². The summed E-state index contributed by atoms with van der Waals surface area (Å²) in [5.41, 5.74) is 1.95. The third-order valence-corrected chi connectivity index (χ3v) is 10.6. The fourth-order valence-electron chi connectivity index (χ4n) is 2.86. The number of rotatable bonds is 6. The molecule has 2 rings (SSSR count). The van der Waals surface area contributed by atoms with Gasteiger partial charge in [-0.25, -0.2) is 0 Å². The van der Waals surface area contributed by atoms with Crippen LogP contribution in [0, 0.1) is 6.92 Å². The summed E-state index contributed by atoms with van der Waals surface area (Å²) in [7, 11) is -0.750. The van der Waals surface area contributed by atoms with Crippen molar-refractivity contribution < 1.29 is 19.1 Å². The van der Waals surface area contributed by atoms with Gasteiger partial charge < -0.3 is 14.3 Å². The highest BCUT2D eigenvalue weighted by Gasteiger charge is 2.43. The number of carbonyl (C=O) groups excluding carboxylic acids is 2. The summed E-state index contributed by atoms with van der Waals surface area (Å²) in [5, 5.41) is 1.70. The van der Waals surface area contributed by atoms with E-state index in [1.807, 2.05) is 25.1 Å². The maximum Gasteiger partial charge on any atom is 0.188 e. The molecular weight excluding hydrogens is 344 g/mol. The van der Waals surface area contributed by atoms with Gasteiger partial charge >= 0.3 is 0 Å². The molecule has 0 saturated heterocycles. The van der Waals surface area contributed by atoms with Crippen LogP contribution in [0.4, 0.5) is 0 Å². The van der Waals surface area contributed by atoms with Crippen molar-refractivity contribution in [3.05, 3.63) is 41.0 Å². The predicted molar refractivity (Wildman–Crippen MR) is 108 cm³/mol. The van der Waals surface area contributed by atoms with Gasteiger partial charge in [-0.15, -0.1) is 0 Å². The molecule has 5 heteroatoms. The van der Waals surface area contributed by atoms with E-state index >= 15 is 0 Å². The predicted octanol–water partition coefficient (Wildman–Crippen LogP) is 5.17. The topological polar surface area (TPSA) is 52.6 Å². The third-order valence-electron chi connectivity index (χ3n) is 5.49. The number of aldehydes is 1. The Bertz CT molecular complexity index is 847. The maximum absolute atomic E-state index is 13.5. The Labute approximate surface area is 156 Å². The van der Waals surface area contributed by atoms with Crippen molar-refractivity contribution in [1.29, 1.82) is 0 Å². The number of fused-ring (bicyclic) bond motifs is 1. The van der Waals surface area contributed by atoms with Crippen molar-refractivity contribution >= 4 is 30.5 Å². The van der Waals surface area contributed by atoms with Crippen molar-refractivity contribution in [2.75, 3.05) is 13.9 Å². The molecule has 140 valence electrons. The van der Waals surface area contributed by atoms with Crippen molar-refractivity contribution in [2.45, 2.75) is 45.8 Å². The molecule has 0 aliphatic heterocycles. The molecule has 4 nitrogen and oxygen atoms in total. The first-order valence-electron chi connectivity index (χ1n) is 8.74. The zero-order chi connectivity index (χ0) is 19.7. The second-order valence-electron chi connectivity index (χ2n) is 8.21. The largest absolute Gasteiger partial charge is 0.466 e. The van der Waals surface area contributed by atoms with Gasteiger partial charge in [-0.05, 0) is 29.0 Å². The van der Waals surface area contributed by atoms with E-state index in [9.17, 15) is 9.59 Å². The lowest BCUT2D eigenvalue weighted by atomic mass is 9.97. The summed E-state index contributed by atoms with van der Waals surface area (Å²) >= 11 is 0. The quantitative estimate of drug-likeness (QED) is 0.398. The standard InChI is InChI=1S/C21H28O4Si/c1-14-9-8-10-16-17(20(23)26(6,7)21(2,3)4)11-15(12-22)19(18(14)16)25-13-24-5/h8-12H,13H2,1-7H3. The van der Waals surface area contributed by atoms with Crippen molar-refractivity contribution in [3.63, 3.8) is 0 Å². The first-order chi connectivity index (χ1) is 12.1. The fraction of sp³-hybridized carbons (Fsp3) is 0.429. The van der Waals surface area contributed by atoms with Crippen LogP contribution in [0.5, 0.6) is 5.75 Å². The van der Waals surface area contributed by atoms with E-state index in [1.54, 1.807) is 6.07 Å². The maximum atomic E-state index is 13.5. The molecule has 0 spiro atoms. The highest BCUT2D eigenvalue weighted by Crippen LogP contribution is 2.41. The summed E-state index contributed by atoms with van der Waals surface area (Å²) < 4.78 is 10.7. The second kappa shape index (κ2) is 7.33. The van der Waals surface area contributed by atoms with Gasteiger partial charge in [-0.3, -0.25) is 4.79 Å². The minimum Gasteiger partial charge on any atom is -0.466 e. The monoisotopic (exact) mass is 372 g/mol. The fourth-order valence-corrected chi connectivity index (χ4v) is 4.42. The van der Waals surface area contributed by atoms with E-state index in [4.69, 9.17) is 9.47 Å². The summed E-state index contributed by atoms with van der Waals surface area (Å²) in [4.78, 5) is 25.3. The van der Waals surface area contributed by atoms with Crippen LogP contribution in [0.1, 0.15) is 47.1 Å². The van der Waals surface area contributed by atoms with E-state index < -0.39 is 8.07 Å². The molecule has 0 saturated carbocycles. The average Bonchev–Trinajstić information content (AvgIpc) is 2.57. The Kier molecular flexibility index (Phi) is 5.73. The highest BCUT2D eigenvalue weighted by atomic mass is 28.3. The van der Waals surface area contributed by atoms with Crippen LogP contribution in [0.15, 0.2) is 24.3 Å². The molecule has 2 aromatic carbocycles. The third kappa shape index (κ3) is 3.46. The molecule has 0 aliphatic rings. The first-order valence-corrected chi connectivity index (χ1v) is 11.7. The minimum absolute atomic E-state index is 0.0415. The molecule has 0 N–H and O–H groups in total. The van der Waals surface area contributed by atoms with E-state index in [0.29, 0.717) is 16.9 Å². The van der Waals surface area contributed by atoms with Gasteiger partial charge in [0.2, 0.25) is 0 Å². The number of benzene rings is 2. The molecule has 26 heavy (non-hydrogen) atoms. The average molecular weight is 373 g/mol. The van der Waals surface area contributed by atoms with Crippen molar-refractivity contribution in [2.24, 2.45) is 0 Å². The molecule has 0 atom stereocenters. The van der Waals surface area contributed by atoms with Crippen LogP contribution in [0.2, 0.25) is 18.1 Å². The molecule has 0 bridgehead atoms. The molecule has 0 unspecified atom stereocenters. The molecular formula is C21H28O4Si. The first kappa shape index (κ1) is 20.3. The number of hydrogen-bond acceptors (Lipinski definition) is 4. The number of ether oxygens (including phenoxy) is 2. The zero-order valence-corrected chi connectivity index (χ0v) is 17.7. The van der Waals surface area contributed by atoms with Crippen LogP contribution < -0.4 is 4.74 Å². The van der Waals surface area contributed by atoms with Gasteiger partial charge in [-0.2, -0.15) is 0 Å². The zero-order valence-electron chi connectivity index (χ0n) is 16.7. The molecule has 2 aromatic rings. The van der Waals surface area contributed by atoms with Gasteiger partial charge in [0.25, 0.3) is 0 Å². The lowest BCUT2D eigenvalue weighted by Gasteiger charge is -2.35. The summed E-state index contributed by atoms with van der Waals surface area (Å²) in [6, 6.07) is 7.50. The van der Waals surface area contributed by atoms with E-state index in [0.717, 1.165) is 22.6 Å². The van der Waals surface area contributed by atoms with E-state index in [2.05, 4.69) is 33.9 Å². The number of hydrogen-bond donors (Lipinski definition) is 0. The number of aryl methyl sites for hydroxylation is 1. The summed E-state index contributed by atoms with van der Waals surface area (Å²) in [5.74, 6) is 0.474. The Balaban J connectivity index is 2.83. The number of methoxy groups -OCH3 is 1. The molecule has 0 amide bonds. The molecule has 0 aromatic heterocycles. The molecule has 0 fully saturated rings. The van der Waals surface area contributed by atoms with Gasteiger partial charge in [0, 0.05) is 18.1 Å². The van der Waals surface area contributed by atoms with Crippen LogP contribution in [0.25, 0.3) is 10.8 Å². The van der Waals surface area contributed by atoms with Crippen molar-refractivity contribution in [3.8, 4) is 5.75 Å². The lowest BCUT2D eigenvalue weighted by Crippen LogP contribution is -2.46. The van der Waals surface area contributed by atoms with Crippen LogP contribution in [-0.2, 0) is 4.74 Å². The Hall–Kier alpha value is -1.98. The van der Waals surface area contributed by atoms with E-state index in [1.165, 1.54) is 7.11 Å². The normalized spacial score (nSPS) is 12.3. The highest BCUT2D eigenvalue weighted by molar-refractivity contribution is 7.08. The van der Waals surface area contributed by atoms with Gasteiger partial charge in [0.1, 0.15) is 19.2 Å². The van der Waals surface area contributed by atoms with Gasteiger partial charge in [0.15, 0.2) is 13.1 Å². The lowest BCUT2D eigenvalue weighted by molar-refractivity contribution is 0.0516. The van der Waals surface area contributed by atoms with Crippen LogP contribution >= 0.6 is 0 Å². The SMILES string of the molecule is COCOc1c(C=O)cc(C(=O)[Si](C)(C)C(C)(C)C)c2cccc(C)c12. The van der Waals surface area contributed by atoms with E-state index in [-0.39, 0.29) is 17.2 Å². The smallest absolute Gasteiger partial charge is 0.188 e. The molecule has 0 radical (unpaired) electrons. The summed E-state index contributed by atoms with van der Waals surface area (Å²) in [6.45, 7) is 12.5. The molecule has 0 aliphatic carbocycles. The Morgan fingerprint density at radius 1 is 1.23 bits per heavy atom. The van der Waals surface area contributed by atoms with Crippen LogP contribution in [0.3, 0.4) is 0 Å².